The number of alkyl carbamates (subject to hydrolysis) is 1. The van der Waals surface area contributed by atoms with Gasteiger partial charge in [0.05, 0.1) is 5.92 Å². The Bertz CT molecular complexity index is 1060. The molecule has 2 atom stereocenters. The molecule has 0 aromatic heterocycles. The zero-order chi connectivity index (χ0) is 23.7. The van der Waals surface area contributed by atoms with Crippen molar-refractivity contribution in [1.82, 2.24) is 10.6 Å². The lowest BCUT2D eigenvalue weighted by Crippen LogP contribution is -2.64. The van der Waals surface area contributed by atoms with Crippen molar-refractivity contribution in [1.29, 1.82) is 0 Å². The van der Waals surface area contributed by atoms with Gasteiger partial charge in [-0.25, -0.2) is 4.79 Å². The van der Waals surface area contributed by atoms with E-state index in [1.807, 2.05) is 24.3 Å². The molecule has 0 unspecified atom stereocenters. The summed E-state index contributed by atoms with van der Waals surface area (Å²) in [6.07, 6.45) is 3.97. The van der Waals surface area contributed by atoms with E-state index in [1.165, 1.54) is 0 Å². The molecule has 7 heteroatoms. The third kappa shape index (κ3) is 4.15. The predicted molar refractivity (Wildman–Crippen MR) is 126 cm³/mol. The number of hydrogen-bond acceptors (Lipinski definition) is 4. The second kappa shape index (κ2) is 9.12. The van der Waals surface area contributed by atoms with Crippen molar-refractivity contribution in [2.45, 2.75) is 62.4 Å². The van der Waals surface area contributed by atoms with Crippen molar-refractivity contribution < 1.29 is 24.2 Å². The Labute approximate surface area is 198 Å². The van der Waals surface area contributed by atoms with Crippen LogP contribution in [0.4, 0.5) is 4.79 Å². The fraction of sp³-hybridized carbons (Fsp3) is 0.444. The Balaban J connectivity index is 1.21. The molecule has 0 bridgehead atoms. The number of rotatable bonds is 6. The molecule has 0 heterocycles. The summed E-state index contributed by atoms with van der Waals surface area (Å²) in [6, 6.07) is 16.1. The monoisotopic (exact) mass is 462 g/mol. The van der Waals surface area contributed by atoms with E-state index in [0.717, 1.165) is 41.5 Å². The van der Waals surface area contributed by atoms with Crippen LogP contribution in [0.2, 0.25) is 0 Å². The van der Waals surface area contributed by atoms with E-state index in [1.54, 1.807) is 0 Å². The van der Waals surface area contributed by atoms with E-state index >= 15 is 0 Å². The van der Waals surface area contributed by atoms with Gasteiger partial charge in [-0.1, -0.05) is 55.0 Å². The number of carbonyl (C=O) groups excluding carboxylic acids is 2. The van der Waals surface area contributed by atoms with E-state index in [2.05, 4.69) is 34.9 Å². The minimum Gasteiger partial charge on any atom is -0.481 e. The van der Waals surface area contributed by atoms with Crippen molar-refractivity contribution in [3.8, 4) is 11.1 Å². The van der Waals surface area contributed by atoms with Gasteiger partial charge in [-0.3, -0.25) is 9.59 Å². The van der Waals surface area contributed by atoms with Crippen LogP contribution in [0.3, 0.4) is 0 Å². The van der Waals surface area contributed by atoms with Crippen LogP contribution in [0.25, 0.3) is 11.1 Å². The summed E-state index contributed by atoms with van der Waals surface area (Å²) in [5.41, 5.74) is 3.62. The molecule has 5 rings (SSSR count). The number of ether oxygens (including phenoxy) is 1. The summed E-state index contributed by atoms with van der Waals surface area (Å²) in [5.74, 6) is -1.51. The SMILES string of the molecule is O=C(NC1(C(=O)N[C@@H]2CCC[C@H](C(=O)O)C2)CCC1)OCC1c2ccccc2-c2ccccc21. The van der Waals surface area contributed by atoms with Gasteiger partial charge in [0.25, 0.3) is 0 Å². The molecule has 34 heavy (non-hydrogen) atoms. The number of nitrogens with one attached hydrogen (secondary N) is 2. The Morgan fingerprint density at radius 1 is 0.941 bits per heavy atom. The zero-order valence-electron chi connectivity index (χ0n) is 19.1. The maximum absolute atomic E-state index is 13.1. The Hall–Kier alpha value is -3.35. The molecule has 2 amide bonds. The van der Waals surface area contributed by atoms with Crippen LogP contribution in [0, 0.1) is 5.92 Å². The molecule has 2 aromatic rings. The average Bonchev–Trinajstić information content (AvgIpc) is 3.14. The van der Waals surface area contributed by atoms with Crippen LogP contribution in [0.5, 0.6) is 0 Å². The van der Waals surface area contributed by atoms with Crippen LogP contribution in [0.15, 0.2) is 48.5 Å². The lowest BCUT2D eigenvalue weighted by molar-refractivity contribution is -0.143. The largest absolute Gasteiger partial charge is 0.481 e. The highest BCUT2D eigenvalue weighted by Crippen LogP contribution is 2.44. The van der Waals surface area contributed by atoms with Gasteiger partial charge in [-0.15, -0.1) is 0 Å². The minimum absolute atomic E-state index is 0.0421. The molecular formula is C27H30N2O5. The Kier molecular flexibility index (Phi) is 6.02. The summed E-state index contributed by atoms with van der Waals surface area (Å²) >= 11 is 0. The number of aliphatic carboxylic acids is 1. The van der Waals surface area contributed by atoms with Gasteiger partial charge in [-0.05, 0) is 60.8 Å². The summed E-state index contributed by atoms with van der Waals surface area (Å²) in [4.78, 5) is 37.2. The molecule has 178 valence electrons. The van der Waals surface area contributed by atoms with Crippen molar-refractivity contribution in [2.24, 2.45) is 5.92 Å². The van der Waals surface area contributed by atoms with Crippen LogP contribution in [-0.4, -0.2) is 41.3 Å². The molecule has 0 aliphatic heterocycles. The van der Waals surface area contributed by atoms with E-state index in [-0.39, 0.29) is 24.5 Å². The summed E-state index contributed by atoms with van der Waals surface area (Å²) in [5, 5.41) is 15.1. The molecule has 0 spiro atoms. The lowest BCUT2D eigenvalue weighted by atomic mass is 9.75. The quantitative estimate of drug-likeness (QED) is 0.597. The molecular weight excluding hydrogens is 432 g/mol. The second-order valence-corrected chi connectivity index (χ2v) is 9.76. The average molecular weight is 463 g/mol. The number of amides is 2. The Morgan fingerprint density at radius 3 is 2.18 bits per heavy atom. The third-order valence-corrected chi connectivity index (χ3v) is 7.69. The number of benzene rings is 2. The number of carboxylic acids is 1. The smallest absolute Gasteiger partial charge is 0.408 e. The zero-order valence-corrected chi connectivity index (χ0v) is 19.1. The van der Waals surface area contributed by atoms with Gasteiger partial charge >= 0.3 is 12.1 Å². The first-order valence-corrected chi connectivity index (χ1v) is 12.1. The topological polar surface area (TPSA) is 105 Å². The van der Waals surface area contributed by atoms with Gasteiger partial charge < -0.3 is 20.5 Å². The van der Waals surface area contributed by atoms with E-state index in [4.69, 9.17) is 4.74 Å². The van der Waals surface area contributed by atoms with Crippen LogP contribution < -0.4 is 10.6 Å². The number of carbonyl (C=O) groups is 3. The maximum atomic E-state index is 13.1. The van der Waals surface area contributed by atoms with Gasteiger partial charge in [0.15, 0.2) is 0 Å². The number of hydrogen-bond donors (Lipinski definition) is 3. The van der Waals surface area contributed by atoms with Crippen molar-refractivity contribution in [3.05, 3.63) is 59.7 Å². The number of carboxylic acid groups (broad SMARTS) is 1. The van der Waals surface area contributed by atoms with Crippen LogP contribution in [-0.2, 0) is 14.3 Å². The van der Waals surface area contributed by atoms with Crippen LogP contribution >= 0.6 is 0 Å². The molecule has 3 aliphatic rings. The Morgan fingerprint density at radius 2 is 1.59 bits per heavy atom. The molecule has 3 aliphatic carbocycles. The lowest BCUT2D eigenvalue weighted by Gasteiger charge is -2.41. The highest BCUT2D eigenvalue weighted by atomic mass is 16.5. The van der Waals surface area contributed by atoms with Gasteiger partial charge in [0.2, 0.25) is 5.91 Å². The normalized spacial score (nSPS) is 22.6. The van der Waals surface area contributed by atoms with Gasteiger partial charge in [0.1, 0.15) is 12.1 Å². The predicted octanol–water partition coefficient (Wildman–Crippen LogP) is 4.21. The molecule has 2 aromatic carbocycles. The minimum atomic E-state index is -0.973. The van der Waals surface area contributed by atoms with Gasteiger partial charge in [-0.2, -0.15) is 0 Å². The van der Waals surface area contributed by atoms with E-state index < -0.39 is 23.5 Å². The summed E-state index contributed by atoms with van der Waals surface area (Å²) in [7, 11) is 0. The van der Waals surface area contributed by atoms with Crippen molar-refractivity contribution in [2.75, 3.05) is 6.61 Å². The first-order chi connectivity index (χ1) is 16.5. The fourth-order valence-corrected chi connectivity index (χ4v) is 5.64. The van der Waals surface area contributed by atoms with Crippen molar-refractivity contribution in [3.63, 3.8) is 0 Å². The highest BCUT2D eigenvalue weighted by Gasteiger charge is 2.47. The molecule has 7 nitrogen and oxygen atoms in total. The molecule has 0 radical (unpaired) electrons. The molecule has 3 N–H and O–H groups in total. The van der Waals surface area contributed by atoms with E-state index in [9.17, 15) is 19.5 Å². The first kappa shape index (κ1) is 22.4. The first-order valence-electron chi connectivity index (χ1n) is 12.1. The van der Waals surface area contributed by atoms with E-state index in [0.29, 0.717) is 25.7 Å². The third-order valence-electron chi connectivity index (χ3n) is 7.69. The van der Waals surface area contributed by atoms with Gasteiger partial charge in [0, 0.05) is 12.0 Å². The molecule has 0 saturated heterocycles. The standard InChI is InChI=1S/C27H30N2O5/c30-24(31)17-7-5-8-18(15-17)28-25(32)27(13-6-14-27)29-26(33)34-16-23-21-11-3-1-9-19(21)20-10-2-4-12-22(20)23/h1-4,9-12,17-18,23H,5-8,13-16H2,(H,28,32)(H,29,33)(H,30,31)/t17-,18+/m0/s1. The summed E-state index contributed by atoms with van der Waals surface area (Å²) in [6.45, 7) is 0.195. The molecule has 2 saturated carbocycles. The second-order valence-electron chi connectivity index (χ2n) is 9.76. The van der Waals surface area contributed by atoms with Crippen LogP contribution in [0.1, 0.15) is 62.0 Å². The number of fused-ring (bicyclic) bond motifs is 3. The highest BCUT2D eigenvalue weighted by molar-refractivity contribution is 5.91. The summed E-state index contributed by atoms with van der Waals surface area (Å²) < 4.78 is 5.65. The fourth-order valence-electron chi connectivity index (χ4n) is 5.64. The maximum Gasteiger partial charge on any atom is 0.408 e. The molecule has 2 fully saturated rings. The van der Waals surface area contributed by atoms with Crippen molar-refractivity contribution >= 4 is 18.0 Å².